The van der Waals surface area contributed by atoms with Crippen molar-refractivity contribution in [2.75, 3.05) is 13.7 Å². The van der Waals surface area contributed by atoms with Crippen molar-refractivity contribution in [2.24, 2.45) is 0 Å². The van der Waals surface area contributed by atoms with Crippen LogP contribution in [0.2, 0.25) is 0 Å². The third kappa shape index (κ3) is 4.35. The van der Waals surface area contributed by atoms with Gasteiger partial charge in [-0.2, -0.15) is 0 Å². The molecule has 3 aromatic rings. The molecular weight excluding hydrogens is 384 g/mol. The van der Waals surface area contributed by atoms with Crippen molar-refractivity contribution in [1.29, 1.82) is 0 Å². The molecule has 6 nitrogen and oxygen atoms in total. The Morgan fingerprint density at radius 1 is 1.19 bits per heavy atom. The number of benzene rings is 1. The molecule has 0 aliphatic rings. The number of rotatable bonds is 7. The predicted octanol–water partition coefficient (Wildman–Crippen LogP) is 3.10. The molecule has 2 heterocycles. The van der Waals surface area contributed by atoms with E-state index in [1.807, 2.05) is 0 Å². The molecule has 1 N–H and O–H groups in total. The summed E-state index contributed by atoms with van der Waals surface area (Å²) in [6, 6.07) is 13.3. The van der Waals surface area contributed by atoms with Crippen molar-refractivity contribution in [3.8, 4) is 5.75 Å². The summed E-state index contributed by atoms with van der Waals surface area (Å²) >= 11 is 1.16. The first-order valence-electron chi connectivity index (χ1n) is 8.12. The first kappa shape index (κ1) is 19.1. The van der Waals surface area contributed by atoms with E-state index in [-0.39, 0.29) is 16.7 Å². The normalized spacial score (nSPS) is 12.3. The monoisotopic (exact) mass is 402 g/mol. The zero-order valence-corrected chi connectivity index (χ0v) is 16.2. The van der Waals surface area contributed by atoms with Crippen LogP contribution < -0.4 is 10.1 Å². The molecule has 0 aliphatic carbocycles. The molecule has 0 spiro atoms. The van der Waals surface area contributed by atoms with Crippen LogP contribution in [0.25, 0.3) is 0 Å². The smallest absolute Gasteiger partial charge is 0.252 e. The lowest BCUT2D eigenvalue weighted by molar-refractivity contribution is 0.0953. The summed E-state index contributed by atoms with van der Waals surface area (Å²) in [6.07, 6.45) is 3.00. The fourth-order valence-corrected chi connectivity index (χ4v) is 5.44. The van der Waals surface area contributed by atoms with Gasteiger partial charge in [0.15, 0.2) is 9.84 Å². The fraction of sp³-hybridized carbons (Fsp3) is 0.158. The van der Waals surface area contributed by atoms with E-state index in [0.717, 1.165) is 11.3 Å². The van der Waals surface area contributed by atoms with Crippen molar-refractivity contribution >= 4 is 27.1 Å². The summed E-state index contributed by atoms with van der Waals surface area (Å²) < 4.78 is 31.6. The molecule has 0 fully saturated rings. The van der Waals surface area contributed by atoms with Crippen molar-refractivity contribution in [2.45, 2.75) is 9.46 Å². The molecule has 0 radical (unpaired) electrons. The van der Waals surface area contributed by atoms with Gasteiger partial charge in [0.2, 0.25) is 0 Å². The van der Waals surface area contributed by atoms with E-state index in [0.29, 0.717) is 16.9 Å². The summed E-state index contributed by atoms with van der Waals surface area (Å²) in [5.41, 5.74) is 0.954. The second kappa shape index (κ2) is 8.32. The Labute approximate surface area is 161 Å². The zero-order valence-electron chi connectivity index (χ0n) is 14.5. The Kier molecular flexibility index (Phi) is 5.88. The van der Waals surface area contributed by atoms with E-state index in [9.17, 15) is 13.2 Å². The number of hydrogen-bond acceptors (Lipinski definition) is 6. The molecule has 0 aliphatic heterocycles. The minimum atomic E-state index is -3.66. The Bertz CT molecular complexity index is 986. The van der Waals surface area contributed by atoms with E-state index >= 15 is 0 Å². The lowest BCUT2D eigenvalue weighted by Gasteiger charge is -2.18. The van der Waals surface area contributed by atoms with Gasteiger partial charge in [-0.1, -0.05) is 18.2 Å². The fourth-order valence-electron chi connectivity index (χ4n) is 2.58. The molecule has 1 amide bonds. The molecular formula is C19H18N2O4S2. The van der Waals surface area contributed by atoms with Gasteiger partial charge in [-0.15, -0.1) is 11.3 Å². The van der Waals surface area contributed by atoms with Crippen LogP contribution in [0.3, 0.4) is 0 Å². The van der Waals surface area contributed by atoms with Crippen LogP contribution in [-0.2, 0) is 9.84 Å². The van der Waals surface area contributed by atoms with Gasteiger partial charge in [0.05, 0.1) is 12.7 Å². The lowest BCUT2D eigenvalue weighted by atomic mass is 10.1. The largest absolute Gasteiger partial charge is 0.497 e. The molecule has 0 bridgehead atoms. The van der Waals surface area contributed by atoms with Crippen LogP contribution in [0.1, 0.15) is 21.2 Å². The Hall–Kier alpha value is -2.71. The van der Waals surface area contributed by atoms with Gasteiger partial charge >= 0.3 is 0 Å². The van der Waals surface area contributed by atoms with Crippen molar-refractivity contribution < 1.29 is 17.9 Å². The van der Waals surface area contributed by atoms with Crippen molar-refractivity contribution in [3.63, 3.8) is 0 Å². The molecule has 0 unspecified atom stereocenters. The highest BCUT2D eigenvalue weighted by atomic mass is 32.2. The highest BCUT2D eigenvalue weighted by Gasteiger charge is 2.30. The molecule has 2 aromatic heterocycles. The summed E-state index contributed by atoms with van der Waals surface area (Å²) in [7, 11) is -2.12. The second-order valence-corrected chi connectivity index (χ2v) is 9.00. The number of aromatic nitrogens is 1. The molecule has 8 heteroatoms. The van der Waals surface area contributed by atoms with Gasteiger partial charge in [-0.3, -0.25) is 9.78 Å². The van der Waals surface area contributed by atoms with Gasteiger partial charge in [-0.05, 0) is 41.3 Å². The first-order valence-corrected chi connectivity index (χ1v) is 10.5. The van der Waals surface area contributed by atoms with E-state index in [2.05, 4.69) is 10.3 Å². The number of carbonyl (C=O) groups excluding carboxylic acids is 1. The number of methoxy groups -OCH3 is 1. The third-order valence-electron chi connectivity index (χ3n) is 4.01. The minimum absolute atomic E-state index is 0.0553. The minimum Gasteiger partial charge on any atom is -0.497 e. The average Bonchev–Trinajstić information content (AvgIpc) is 3.25. The highest BCUT2D eigenvalue weighted by Crippen LogP contribution is 2.32. The number of carbonyl (C=O) groups is 1. The Balaban J connectivity index is 1.89. The summed E-state index contributed by atoms with van der Waals surface area (Å²) in [5, 5.41) is 3.51. The van der Waals surface area contributed by atoms with Gasteiger partial charge in [0, 0.05) is 18.9 Å². The number of pyridine rings is 1. The molecule has 27 heavy (non-hydrogen) atoms. The summed E-state index contributed by atoms with van der Waals surface area (Å²) in [4.78, 5) is 16.2. The third-order valence-corrected chi connectivity index (χ3v) is 7.54. The molecule has 140 valence electrons. The van der Waals surface area contributed by atoms with Crippen molar-refractivity contribution in [1.82, 2.24) is 10.3 Å². The van der Waals surface area contributed by atoms with Crippen LogP contribution in [0.5, 0.6) is 5.75 Å². The summed E-state index contributed by atoms with van der Waals surface area (Å²) in [6.45, 7) is -0.0553. The number of thiophene rings is 1. The lowest BCUT2D eigenvalue weighted by Crippen LogP contribution is -2.31. The molecule has 1 atom stereocenters. The molecule has 3 rings (SSSR count). The SMILES string of the molecule is COc1ccc([C@@H](CNC(=O)c2cccnc2)S(=O)(=O)c2cccs2)cc1. The zero-order chi connectivity index (χ0) is 19.3. The summed E-state index contributed by atoms with van der Waals surface area (Å²) in [5.74, 6) is 0.258. The average molecular weight is 402 g/mol. The maximum Gasteiger partial charge on any atom is 0.252 e. The predicted molar refractivity (Wildman–Crippen MR) is 104 cm³/mol. The van der Waals surface area contributed by atoms with E-state index < -0.39 is 15.1 Å². The van der Waals surface area contributed by atoms with Gasteiger partial charge in [-0.25, -0.2) is 8.42 Å². The Morgan fingerprint density at radius 2 is 1.96 bits per heavy atom. The number of amides is 1. The van der Waals surface area contributed by atoms with Gasteiger partial charge in [0.25, 0.3) is 5.91 Å². The quantitative estimate of drug-likeness (QED) is 0.656. The van der Waals surface area contributed by atoms with Crippen molar-refractivity contribution in [3.05, 3.63) is 77.4 Å². The van der Waals surface area contributed by atoms with E-state index in [4.69, 9.17) is 4.74 Å². The Morgan fingerprint density at radius 3 is 2.56 bits per heavy atom. The molecule has 0 saturated carbocycles. The number of nitrogens with one attached hydrogen (secondary N) is 1. The maximum atomic E-state index is 13.1. The van der Waals surface area contributed by atoms with Crippen LogP contribution in [0.4, 0.5) is 0 Å². The number of hydrogen-bond donors (Lipinski definition) is 1. The van der Waals surface area contributed by atoms with Crippen LogP contribution in [0.15, 0.2) is 70.5 Å². The maximum absolute atomic E-state index is 13.1. The first-order chi connectivity index (χ1) is 13.0. The van der Waals surface area contributed by atoms with Gasteiger partial charge < -0.3 is 10.1 Å². The standard InChI is InChI=1S/C19H18N2O4S2/c1-25-16-8-6-14(7-9-16)17(27(23,24)18-5-3-11-26-18)13-21-19(22)15-4-2-10-20-12-15/h2-12,17H,13H2,1H3,(H,21,22)/t17-/m1/s1. The number of sulfone groups is 1. The topological polar surface area (TPSA) is 85.4 Å². The van der Waals surface area contributed by atoms with Crippen LogP contribution in [-0.4, -0.2) is 33.0 Å². The van der Waals surface area contributed by atoms with Crippen LogP contribution >= 0.6 is 11.3 Å². The number of ether oxygens (including phenoxy) is 1. The van der Waals surface area contributed by atoms with Crippen LogP contribution in [0, 0.1) is 0 Å². The molecule has 1 aromatic carbocycles. The molecule has 0 saturated heterocycles. The van der Waals surface area contributed by atoms with Gasteiger partial charge in [0.1, 0.15) is 15.2 Å². The number of nitrogens with zero attached hydrogens (tertiary/aromatic N) is 1. The second-order valence-electron chi connectivity index (χ2n) is 5.69. The van der Waals surface area contributed by atoms with E-state index in [1.54, 1.807) is 67.2 Å². The highest BCUT2D eigenvalue weighted by molar-refractivity contribution is 7.93. The van der Waals surface area contributed by atoms with E-state index in [1.165, 1.54) is 6.20 Å².